The van der Waals surface area contributed by atoms with Gasteiger partial charge in [0.15, 0.2) is 6.10 Å². The predicted molar refractivity (Wildman–Crippen MR) is 145 cm³/mol. The fourth-order valence-corrected chi connectivity index (χ4v) is 4.76. The van der Waals surface area contributed by atoms with Crippen molar-refractivity contribution in [3.63, 3.8) is 0 Å². The SMILES string of the molecule is Cc1cc(NC(=O)NCC2=CCCC=C2)cc(C(OC(C)(C)C)C(=O)O)c1-c1ccc2c(c1)CCCO2. The van der Waals surface area contributed by atoms with E-state index in [2.05, 4.69) is 28.9 Å². The third-order valence-corrected chi connectivity index (χ3v) is 6.32. The number of aliphatic carboxylic acids is 1. The number of ether oxygens (including phenoxy) is 2. The zero-order chi connectivity index (χ0) is 26.6. The lowest BCUT2D eigenvalue weighted by atomic mass is 9.89. The number of anilines is 1. The number of benzene rings is 2. The number of allylic oxidation sites excluding steroid dienone is 2. The zero-order valence-corrected chi connectivity index (χ0v) is 22.0. The Morgan fingerprint density at radius 1 is 1.16 bits per heavy atom. The number of urea groups is 1. The minimum atomic E-state index is -1.22. The Bertz CT molecular complexity index is 1240. The summed E-state index contributed by atoms with van der Waals surface area (Å²) >= 11 is 0. The van der Waals surface area contributed by atoms with Crippen LogP contribution in [-0.4, -0.2) is 35.9 Å². The van der Waals surface area contributed by atoms with E-state index in [1.807, 2.05) is 52.0 Å². The molecule has 0 aromatic heterocycles. The van der Waals surface area contributed by atoms with Crippen molar-refractivity contribution in [1.82, 2.24) is 5.32 Å². The van der Waals surface area contributed by atoms with Gasteiger partial charge in [-0.2, -0.15) is 0 Å². The van der Waals surface area contributed by atoms with Crippen LogP contribution < -0.4 is 15.4 Å². The Morgan fingerprint density at radius 3 is 2.68 bits per heavy atom. The molecule has 0 fully saturated rings. The van der Waals surface area contributed by atoms with Crippen LogP contribution in [0.2, 0.25) is 0 Å². The Balaban J connectivity index is 1.70. The average molecular weight is 505 g/mol. The summed E-state index contributed by atoms with van der Waals surface area (Å²) in [6, 6.07) is 9.19. The first-order chi connectivity index (χ1) is 17.6. The summed E-state index contributed by atoms with van der Waals surface area (Å²) in [6.45, 7) is 8.54. The van der Waals surface area contributed by atoms with Crippen LogP contribution in [0.1, 0.15) is 62.8 Å². The Hall–Kier alpha value is -3.58. The molecule has 37 heavy (non-hydrogen) atoms. The highest BCUT2D eigenvalue weighted by Crippen LogP contribution is 2.39. The second-order valence-corrected chi connectivity index (χ2v) is 10.5. The van der Waals surface area contributed by atoms with Crippen molar-refractivity contribution in [1.29, 1.82) is 0 Å². The van der Waals surface area contributed by atoms with Gasteiger partial charge in [0.25, 0.3) is 0 Å². The van der Waals surface area contributed by atoms with Gasteiger partial charge >= 0.3 is 12.0 Å². The number of aryl methyl sites for hydroxylation is 2. The predicted octanol–water partition coefficient (Wildman–Crippen LogP) is 6.33. The Kier molecular flexibility index (Phi) is 8.03. The van der Waals surface area contributed by atoms with Crippen LogP contribution >= 0.6 is 0 Å². The summed E-state index contributed by atoms with van der Waals surface area (Å²) < 4.78 is 11.8. The molecule has 0 radical (unpaired) electrons. The lowest BCUT2D eigenvalue weighted by Gasteiger charge is -2.28. The summed E-state index contributed by atoms with van der Waals surface area (Å²) in [5.41, 5.74) is 4.99. The third-order valence-electron chi connectivity index (χ3n) is 6.32. The maximum atomic E-state index is 12.7. The van der Waals surface area contributed by atoms with Gasteiger partial charge in [-0.3, -0.25) is 0 Å². The lowest BCUT2D eigenvalue weighted by Crippen LogP contribution is -2.31. The summed E-state index contributed by atoms with van der Waals surface area (Å²) in [5.74, 6) is -0.220. The molecule has 7 heteroatoms. The smallest absolute Gasteiger partial charge is 0.337 e. The van der Waals surface area contributed by atoms with Crippen LogP contribution in [0.3, 0.4) is 0 Å². The maximum Gasteiger partial charge on any atom is 0.337 e. The van der Waals surface area contributed by atoms with Crippen LogP contribution in [0.4, 0.5) is 10.5 Å². The van der Waals surface area contributed by atoms with Crippen molar-refractivity contribution >= 4 is 17.7 Å². The number of amides is 2. The normalized spacial score (nSPS) is 15.7. The summed E-state index contributed by atoms with van der Waals surface area (Å²) in [5, 5.41) is 15.9. The van der Waals surface area contributed by atoms with Crippen molar-refractivity contribution in [2.45, 2.75) is 65.1 Å². The maximum absolute atomic E-state index is 12.7. The van der Waals surface area contributed by atoms with E-state index in [1.54, 1.807) is 6.07 Å². The van der Waals surface area contributed by atoms with Gasteiger partial charge in [0.05, 0.1) is 12.2 Å². The highest BCUT2D eigenvalue weighted by Gasteiger charge is 2.30. The largest absolute Gasteiger partial charge is 0.493 e. The first-order valence-electron chi connectivity index (χ1n) is 12.8. The van der Waals surface area contributed by atoms with E-state index in [-0.39, 0.29) is 6.03 Å². The van der Waals surface area contributed by atoms with Gasteiger partial charge < -0.3 is 25.2 Å². The standard InChI is InChI=1S/C30H36N2O5/c1-19-15-23(32-29(35)31-18-20-9-6-5-7-10-20)17-24(27(28(33)34)37-30(2,3)4)26(19)22-12-13-25-21(16-22)11-8-14-36-25/h6,9-10,12-13,15-17,27H,5,7-8,11,14,18H2,1-4H3,(H,33,34)(H2,31,32,35). The van der Waals surface area contributed by atoms with E-state index in [9.17, 15) is 14.7 Å². The Labute approximate surface area is 218 Å². The van der Waals surface area contributed by atoms with Gasteiger partial charge in [0, 0.05) is 17.8 Å². The minimum absolute atomic E-state index is 0.354. The number of carboxylic acids is 1. The van der Waals surface area contributed by atoms with E-state index in [0.29, 0.717) is 24.4 Å². The quantitative estimate of drug-likeness (QED) is 0.410. The molecule has 0 saturated heterocycles. The molecule has 1 aliphatic heterocycles. The molecule has 2 aliphatic rings. The second kappa shape index (κ2) is 11.2. The highest BCUT2D eigenvalue weighted by atomic mass is 16.5. The summed E-state index contributed by atoms with van der Waals surface area (Å²) in [7, 11) is 0. The molecular weight excluding hydrogens is 468 g/mol. The molecule has 4 rings (SSSR count). The van der Waals surface area contributed by atoms with E-state index in [4.69, 9.17) is 9.47 Å². The van der Waals surface area contributed by atoms with Crippen molar-refractivity contribution in [2.75, 3.05) is 18.5 Å². The second-order valence-electron chi connectivity index (χ2n) is 10.5. The number of nitrogens with one attached hydrogen (secondary N) is 2. The van der Waals surface area contributed by atoms with Gasteiger partial charge in [-0.25, -0.2) is 9.59 Å². The number of fused-ring (bicyclic) bond motifs is 1. The number of rotatable bonds is 7. The molecule has 0 bridgehead atoms. The fraction of sp³-hybridized carbons (Fsp3) is 0.400. The summed E-state index contributed by atoms with van der Waals surface area (Å²) in [4.78, 5) is 25.1. The third kappa shape index (κ3) is 6.80. The van der Waals surface area contributed by atoms with Crippen LogP contribution in [-0.2, 0) is 16.0 Å². The molecule has 0 saturated carbocycles. The first-order valence-corrected chi connectivity index (χ1v) is 12.8. The highest BCUT2D eigenvalue weighted by molar-refractivity contribution is 5.91. The lowest BCUT2D eigenvalue weighted by molar-refractivity contribution is -0.160. The molecule has 1 atom stereocenters. The van der Waals surface area contributed by atoms with E-state index in [1.165, 1.54) is 0 Å². The van der Waals surface area contributed by atoms with Gasteiger partial charge in [0.2, 0.25) is 0 Å². The van der Waals surface area contributed by atoms with Gasteiger partial charge in [-0.05, 0) is 105 Å². The molecule has 2 amide bonds. The molecule has 1 unspecified atom stereocenters. The van der Waals surface area contributed by atoms with Gasteiger partial charge in [-0.15, -0.1) is 0 Å². The van der Waals surface area contributed by atoms with Crippen LogP contribution in [0, 0.1) is 6.92 Å². The average Bonchev–Trinajstić information content (AvgIpc) is 2.85. The fourth-order valence-electron chi connectivity index (χ4n) is 4.76. The molecule has 3 N–H and O–H groups in total. The van der Waals surface area contributed by atoms with E-state index in [0.717, 1.165) is 59.3 Å². The zero-order valence-electron chi connectivity index (χ0n) is 22.0. The van der Waals surface area contributed by atoms with E-state index < -0.39 is 17.7 Å². The molecular formula is C30H36N2O5. The van der Waals surface area contributed by atoms with Crippen LogP contribution in [0.5, 0.6) is 5.75 Å². The monoisotopic (exact) mass is 504 g/mol. The first kappa shape index (κ1) is 26.5. The molecule has 2 aromatic carbocycles. The van der Waals surface area contributed by atoms with Crippen molar-refractivity contribution < 1.29 is 24.2 Å². The van der Waals surface area contributed by atoms with E-state index >= 15 is 0 Å². The van der Waals surface area contributed by atoms with Crippen molar-refractivity contribution in [3.8, 4) is 16.9 Å². The molecule has 1 heterocycles. The van der Waals surface area contributed by atoms with Crippen LogP contribution in [0.15, 0.2) is 54.1 Å². The number of carbonyl (C=O) groups is 2. The number of hydrogen-bond donors (Lipinski definition) is 3. The van der Waals surface area contributed by atoms with Crippen molar-refractivity contribution in [3.05, 3.63) is 70.8 Å². The molecule has 1 aliphatic carbocycles. The minimum Gasteiger partial charge on any atom is -0.493 e. The number of carboxylic acid groups (broad SMARTS) is 1. The molecule has 0 spiro atoms. The number of hydrogen-bond acceptors (Lipinski definition) is 4. The topological polar surface area (TPSA) is 96.9 Å². The number of carbonyl (C=O) groups excluding carboxylic acids is 1. The molecule has 7 nitrogen and oxygen atoms in total. The van der Waals surface area contributed by atoms with Crippen molar-refractivity contribution in [2.24, 2.45) is 0 Å². The van der Waals surface area contributed by atoms with Crippen LogP contribution in [0.25, 0.3) is 11.1 Å². The van der Waals surface area contributed by atoms with Gasteiger partial charge in [0.1, 0.15) is 5.75 Å². The summed E-state index contributed by atoms with van der Waals surface area (Å²) in [6.07, 6.45) is 8.84. The molecule has 2 aromatic rings. The Morgan fingerprint density at radius 2 is 1.97 bits per heavy atom. The molecule has 196 valence electrons. The van der Waals surface area contributed by atoms with Gasteiger partial charge in [-0.1, -0.05) is 24.3 Å².